The van der Waals surface area contributed by atoms with Gasteiger partial charge in [0.2, 0.25) is 12.7 Å². The number of hydrogen-bond donors (Lipinski definition) is 1. The molecule has 9 heteroatoms. The number of nitrogens with zero attached hydrogens (tertiary/aromatic N) is 3. The first-order chi connectivity index (χ1) is 16.5. The number of hydrogen-bond acceptors (Lipinski definition) is 7. The van der Waals surface area contributed by atoms with Crippen LogP contribution in [0.25, 0.3) is 10.8 Å². The van der Waals surface area contributed by atoms with Crippen molar-refractivity contribution in [2.75, 3.05) is 12.1 Å². The average molecular weight is 477 g/mol. The molecule has 1 aromatic heterocycles. The van der Waals surface area contributed by atoms with Crippen molar-refractivity contribution in [3.63, 3.8) is 0 Å². The molecule has 4 aromatic rings. The van der Waals surface area contributed by atoms with Gasteiger partial charge in [0.15, 0.2) is 22.5 Å². The molecule has 0 aliphatic carbocycles. The lowest BCUT2D eigenvalue weighted by Crippen LogP contribution is -2.22. The van der Waals surface area contributed by atoms with Gasteiger partial charge in [-0.05, 0) is 48.4 Å². The topological polar surface area (TPSA) is 87.5 Å². The molecule has 1 N–H and O–H groups in total. The first kappa shape index (κ1) is 22.1. The van der Waals surface area contributed by atoms with Crippen LogP contribution in [-0.2, 0) is 18.4 Å². The number of amides is 1. The van der Waals surface area contributed by atoms with Crippen molar-refractivity contribution in [1.82, 2.24) is 14.8 Å². The lowest BCUT2D eigenvalue weighted by molar-refractivity contribution is -0.115. The highest BCUT2D eigenvalue weighted by Gasteiger charge is 2.21. The summed E-state index contributed by atoms with van der Waals surface area (Å²) < 4.78 is 18.6. The van der Waals surface area contributed by atoms with Crippen LogP contribution < -0.4 is 19.5 Å². The fraction of sp³-hybridized carbons (Fsp3) is 0.240. The summed E-state index contributed by atoms with van der Waals surface area (Å²) >= 11 is 1.34. The Balaban J connectivity index is 1.21. The zero-order chi connectivity index (χ0) is 23.7. The predicted octanol–water partition coefficient (Wildman–Crippen LogP) is 4.70. The Kier molecular flexibility index (Phi) is 6.02. The van der Waals surface area contributed by atoms with Crippen molar-refractivity contribution in [3.8, 4) is 17.2 Å². The highest BCUT2D eigenvalue weighted by molar-refractivity contribution is 8.00. The third kappa shape index (κ3) is 4.38. The first-order valence-corrected chi connectivity index (χ1v) is 11.7. The number of carbonyl (C=O) groups is 1. The zero-order valence-electron chi connectivity index (χ0n) is 19.1. The number of nitrogens with one attached hydrogen (secondary N) is 1. The van der Waals surface area contributed by atoms with Crippen LogP contribution in [-0.4, -0.2) is 32.7 Å². The van der Waals surface area contributed by atoms with Gasteiger partial charge in [0, 0.05) is 18.8 Å². The Morgan fingerprint density at radius 3 is 2.85 bits per heavy atom. The maximum absolute atomic E-state index is 12.7. The highest BCUT2D eigenvalue weighted by atomic mass is 32.2. The lowest BCUT2D eigenvalue weighted by Gasteiger charge is -2.13. The van der Waals surface area contributed by atoms with Gasteiger partial charge in [0.1, 0.15) is 12.4 Å². The molecular formula is C25H24N4O4S. The summed E-state index contributed by atoms with van der Waals surface area (Å²) in [6, 6.07) is 17.6. The van der Waals surface area contributed by atoms with Gasteiger partial charge in [-0.15, -0.1) is 10.2 Å². The molecule has 34 heavy (non-hydrogen) atoms. The molecule has 5 rings (SSSR count). The largest absolute Gasteiger partial charge is 0.485 e. The Labute approximate surface area is 201 Å². The summed E-state index contributed by atoms with van der Waals surface area (Å²) in [4.78, 5) is 12.7. The standard InChI is InChI=1S/C25H24N4O4S/c1-15-19-7-5-4-6-17(19)8-10-20(15)31-13-23-27-28-25(29(23)3)34-16(2)24(30)26-18-9-11-21-22(12-18)33-14-32-21/h4-12,16H,13-14H2,1-3H3,(H,26,30)/t16-/m1/s1. The third-order valence-electron chi connectivity index (χ3n) is 5.72. The molecule has 0 unspecified atom stereocenters. The van der Waals surface area contributed by atoms with Gasteiger partial charge in [-0.25, -0.2) is 0 Å². The van der Waals surface area contributed by atoms with Crippen LogP contribution >= 0.6 is 11.8 Å². The van der Waals surface area contributed by atoms with Crippen molar-refractivity contribution < 1.29 is 19.0 Å². The van der Waals surface area contributed by atoms with E-state index in [1.807, 2.05) is 36.7 Å². The van der Waals surface area contributed by atoms with E-state index in [4.69, 9.17) is 14.2 Å². The number of thioether (sulfide) groups is 1. The minimum Gasteiger partial charge on any atom is -0.485 e. The van der Waals surface area contributed by atoms with E-state index in [-0.39, 0.29) is 24.6 Å². The summed E-state index contributed by atoms with van der Waals surface area (Å²) in [5.74, 6) is 2.65. The zero-order valence-corrected chi connectivity index (χ0v) is 19.9. The van der Waals surface area contributed by atoms with Crippen molar-refractivity contribution in [2.24, 2.45) is 7.05 Å². The summed E-state index contributed by atoms with van der Waals surface area (Å²) in [7, 11) is 1.87. The SMILES string of the molecule is Cc1c(OCc2nnc(S[C@H](C)C(=O)Nc3ccc4c(c3)OCO4)n2C)ccc2ccccc12. The second kappa shape index (κ2) is 9.26. The summed E-state index contributed by atoms with van der Waals surface area (Å²) in [6.45, 7) is 4.35. The molecule has 174 valence electrons. The molecule has 0 saturated heterocycles. The van der Waals surface area contributed by atoms with Gasteiger partial charge in [0.05, 0.1) is 5.25 Å². The number of carbonyl (C=O) groups excluding carboxylic acids is 1. The Morgan fingerprint density at radius 2 is 1.97 bits per heavy atom. The maximum atomic E-state index is 12.7. The molecule has 0 bridgehead atoms. The van der Waals surface area contributed by atoms with Gasteiger partial charge in [-0.1, -0.05) is 42.1 Å². The molecule has 0 radical (unpaired) electrons. The van der Waals surface area contributed by atoms with E-state index in [1.54, 1.807) is 18.2 Å². The summed E-state index contributed by atoms with van der Waals surface area (Å²) in [6.07, 6.45) is 0. The van der Waals surface area contributed by atoms with Crippen LogP contribution in [0.15, 0.2) is 59.8 Å². The maximum Gasteiger partial charge on any atom is 0.237 e. The first-order valence-electron chi connectivity index (χ1n) is 10.9. The number of benzene rings is 3. The second-order valence-corrected chi connectivity index (χ2v) is 9.28. The van der Waals surface area contributed by atoms with Crippen LogP contribution in [0.4, 0.5) is 5.69 Å². The molecule has 3 aromatic carbocycles. The number of anilines is 1. The molecule has 8 nitrogen and oxygen atoms in total. The number of rotatable bonds is 7. The highest BCUT2D eigenvalue weighted by Crippen LogP contribution is 2.34. The number of ether oxygens (including phenoxy) is 3. The minimum atomic E-state index is -0.384. The van der Waals surface area contributed by atoms with Gasteiger partial charge in [0.25, 0.3) is 0 Å². The predicted molar refractivity (Wildman–Crippen MR) is 131 cm³/mol. The van der Waals surface area contributed by atoms with Crippen molar-refractivity contribution in [1.29, 1.82) is 0 Å². The normalized spacial score (nSPS) is 13.1. The van der Waals surface area contributed by atoms with Gasteiger partial charge in [-0.3, -0.25) is 4.79 Å². The van der Waals surface area contributed by atoms with E-state index in [0.29, 0.717) is 28.2 Å². The second-order valence-electron chi connectivity index (χ2n) is 7.97. The number of aryl methyl sites for hydroxylation is 1. The molecule has 0 saturated carbocycles. The van der Waals surface area contributed by atoms with E-state index >= 15 is 0 Å². The van der Waals surface area contributed by atoms with Gasteiger partial charge >= 0.3 is 0 Å². The fourth-order valence-electron chi connectivity index (χ4n) is 3.71. The Morgan fingerprint density at radius 1 is 1.15 bits per heavy atom. The molecule has 1 aliphatic heterocycles. The summed E-state index contributed by atoms with van der Waals surface area (Å²) in [5, 5.41) is 14.0. The van der Waals surface area contributed by atoms with Crippen LogP contribution in [0.1, 0.15) is 18.3 Å². The molecule has 0 spiro atoms. The minimum absolute atomic E-state index is 0.142. The van der Waals surface area contributed by atoms with E-state index in [0.717, 1.165) is 16.7 Å². The number of aromatic nitrogens is 3. The van der Waals surface area contributed by atoms with Crippen LogP contribution in [0.5, 0.6) is 17.2 Å². The van der Waals surface area contributed by atoms with E-state index < -0.39 is 0 Å². The fourth-order valence-corrected chi connectivity index (χ4v) is 4.54. The third-order valence-corrected chi connectivity index (χ3v) is 6.86. The molecule has 2 heterocycles. The number of fused-ring (bicyclic) bond motifs is 2. The van der Waals surface area contributed by atoms with Crippen LogP contribution in [0.3, 0.4) is 0 Å². The quantitative estimate of drug-likeness (QED) is 0.387. The molecule has 1 atom stereocenters. The molecule has 1 aliphatic rings. The lowest BCUT2D eigenvalue weighted by atomic mass is 10.0. The smallest absolute Gasteiger partial charge is 0.237 e. The molecule has 1 amide bonds. The van der Waals surface area contributed by atoms with Crippen molar-refractivity contribution >= 4 is 34.1 Å². The van der Waals surface area contributed by atoms with Gasteiger partial charge in [-0.2, -0.15) is 0 Å². The Hall–Kier alpha value is -3.72. The molecular weight excluding hydrogens is 452 g/mol. The monoisotopic (exact) mass is 476 g/mol. The van der Waals surface area contributed by atoms with Crippen LogP contribution in [0, 0.1) is 6.92 Å². The van der Waals surface area contributed by atoms with Crippen molar-refractivity contribution in [2.45, 2.75) is 30.9 Å². The van der Waals surface area contributed by atoms with Gasteiger partial charge < -0.3 is 24.1 Å². The van der Waals surface area contributed by atoms with E-state index in [9.17, 15) is 4.79 Å². The summed E-state index contributed by atoms with van der Waals surface area (Å²) in [5.41, 5.74) is 1.74. The average Bonchev–Trinajstić information content (AvgIpc) is 3.45. The van der Waals surface area contributed by atoms with E-state index in [1.165, 1.54) is 17.1 Å². The van der Waals surface area contributed by atoms with Crippen LogP contribution in [0.2, 0.25) is 0 Å². The van der Waals surface area contributed by atoms with Crippen molar-refractivity contribution in [3.05, 3.63) is 66.0 Å². The molecule has 0 fully saturated rings. The Bertz CT molecular complexity index is 1370. The van der Waals surface area contributed by atoms with E-state index in [2.05, 4.69) is 40.6 Å².